The zero-order chi connectivity index (χ0) is 24.9. The monoisotopic (exact) mass is 511 g/mol. The van der Waals surface area contributed by atoms with Gasteiger partial charge in [0.05, 0.1) is 17.8 Å². The van der Waals surface area contributed by atoms with E-state index in [0.29, 0.717) is 23.4 Å². The summed E-state index contributed by atoms with van der Waals surface area (Å²) < 4.78 is 14.7. The van der Waals surface area contributed by atoms with Gasteiger partial charge in [-0.15, -0.1) is 0 Å². The van der Waals surface area contributed by atoms with Gasteiger partial charge in [0.2, 0.25) is 0 Å². The van der Waals surface area contributed by atoms with Crippen molar-refractivity contribution in [2.24, 2.45) is 0 Å². The van der Waals surface area contributed by atoms with Gasteiger partial charge in [-0.2, -0.15) is 0 Å². The lowest BCUT2D eigenvalue weighted by molar-refractivity contribution is 0.0945. The third-order valence-electron chi connectivity index (χ3n) is 6.08. The van der Waals surface area contributed by atoms with E-state index < -0.39 is 5.82 Å². The van der Waals surface area contributed by atoms with Gasteiger partial charge in [0, 0.05) is 39.0 Å². The Bertz CT molecular complexity index is 1230. The van der Waals surface area contributed by atoms with Crippen LogP contribution in [0.4, 0.5) is 10.1 Å². The van der Waals surface area contributed by atoms with E-state index in [1.807, 2.05) is 18.2 Å². The minimum atomic E-state index is -0.484. The van der Waals surface area contributed by atoms with Crippen LogP contribution in [0.2, 0.25) is 5.02 Å². The predicted octanol–water partition coefficient (Wildman–Crippen LogP) is 5.86. The molecule has 1 heterocycles. The van der Waals surface area contributed by atoms with Crippen LogP contribution in [0.25, 0.3) is 0 Å². The standard InChI is InChI=1S/C27H27ClFN3O2S/c1-3-31(4-2)15-14-30-26(33)18-12-13-25-23(16-18)32(17-20-21(28)9-7-10-22(20)29)27(34)19-8-5-6-11-24(19)35-25/h5-13,16H,3-4,14-15,17H2,1-2H3,(H,30,33). The number of rotatable bonds is 8. The smallest absolute Gasteiger partial charge is 0.259 e. The number of hydrogen-bond acceptors (Lipinski definition) is 4. The molecule has 0 fully saturated rings. The van der Waals surface area contributed by atoms with Crippen molar-refractivity contribution in [3.8, 4) is 0 Å². The summed E-state index contributed by atoms with van der Waals surface area (Å²) in [5.41, 5.74) is 1.73. The first-order chi connectivity index (χ1) is 16.9. The summed E-state index contributed by atoms with van der Waals surface area (Å²) in [5.74, 6) is -0.976. The maximum Gasteiger partial charge on any atom is 0.259 e. The molecule has 35 heavy (non-hydrogen) atoms. The molecule has 0 atom stereocenters. The molecule has 3 aromatic carbocycles. The lowest BCUT2D eigenvalue weighted by Crippen LogP contribution is -2.35. The highest BCUT2D eigenvalue weighted by atomic mass is 35.5. The first-order valence-electron chi connectivity index (χ1n) is 11.6. The summed E-state index contributed by atoms with van der Waals surface area (Å²) in [4.78, 5) is 31.9. The van der Waals surface area contributed by atoms with Crippen LogP contribution in [-0.2, 0) is 6.54 Å². The predicted molar refractivity (Wildman–Crippen MR) is 139 cm³/mol. The third kappa shape index (κ3) is 5.53. The van der Waals surface area contributed by atoms with Crippen molar-refractivity contribution in [1.82, 2.24) is 10.2 Å². The summed E-state index contributed by atoms with van der Waals surface area (Å²) in [6.45, 7) is 7.22. The molecule has 0 radical (unpaired) electrons. The highest BCUT2D eigenvalue weighted by Crippen LogP contribution is 2.42. The summed E-state index contributed by atoms with van der Waals surface area (Å²) >= 11 is 7.75. The molecule has 0 saturated heterocycles. The van der Waals surface area contributed by atoms with Gasteiger partial charge in [-0.25, -0.2) is 4.39 Å². The maximum absolute atomic E-state index is 14.7. The number of carbonyl (C=O) groups excluding carboxylic acids is 2. The summed E-state index contributed by atoms with van der Waals surface area (Å²) in [6, 6.07) is 17.1. The quantitative estimate of drug-likeness (QED) is 0.411. The zero-order valence-corrected chi connectivity index (χ0v) is 21.3. The first-order valence-corrected chi connectivity index (χ1v) is 12.8. The van der Waals surface area contributed by atoms with Crippen molar-refractivity contribution in [3.63, 3.8) is 0 Å². The van der Waals surface area contributed by atoms with E-state index in [1.54, 1.807) is 30.3 Å². The highest BCUT2D eigenvalue weighted by molar-refractivity contribution is 7.99. The molecule has 0 aliphatic carbocycles. The van der Waals surface area contributed by atoms with Crippen LogP contribution < -0.4 is 10.2 Å². The Balaban J connectivity index is 1.69. The molecule has 5 nitrogen and oxygen atoms in total. The number of amides is 2. The van der Waals surface area contributed by atoms with E-state index in [4.69, 9.17) is 11.6 Å². The van der Waals surface area contributed by atoms with E-state index in [-0.39, 0.29) is 28.9 Å². The Labute approximate surface area is 214 Å². The number of anilines is 1. The highest BCUT2D eigenvalue weighted by Gasteiger charge is 2.29. The minimum absolute atomic E-state index is 0.0563. The normalized spacial score (nSPS) is 12.8. The number of nitrogens with one attached hydrogen (secondary N) is 1. The van der Waals surface area contributed by atoms with Gasteiger partial charge in [0.15, 0.2) is 0 Å². The zero-order valence-electron chi connectivity index (χ0n) is 19.7. The van der Waals surface area contributed by atoms with Crippen molar-refractivity contribution >= 4 is 40.9 Å². The number of fused-ring (bicyclic) bond motifs is 2. The molecule has 0 spiro atoms. The van der Waals surface area contributed by atoms with Gasteiger partial charge in [-0.05, 0) is 55.6 Å². The molecule has 0 aromatic heterocycles. The molecule has 0 unspecified atom stereocenters. The third-order valence-corrected chi connectivity index (χ3v) is 7.58. The molecule has 0 saturated carbocycles. The fourth-order valence-electron chi connectivity index (χ4n) is 4.03. The van der Waals surface area contributed by atoms with Gasteiger partial charge in [-0.1, -0.05) is 55.4 Å². The fourth-order valence-corrected chi connectivity index (χ4v) is 5.31. The van der Waals surface area contributed by atoms with Crippen LogP contribution in [0.15, 0.2) is 70.5 Å². The first kappa shape index (κ1) is 25.2. The van der Waals surface area contributed by atoms with Gasteiger partial charge < -0.3 is 15.1 Å². The second-order valence-electron chi connectivity index (χ2n) is 8.16. The van der Waals surface area contributed by atoms with E-state index in [0.717, 1.165) is 29.4 Å². The molecule has 1 aliphatic rings. The molecule has 3 aromatic rings. The fraction of sp³-hybridized carbons (Fsp3) is 0.259. The average molecular weight is 512 g/mol. The number of benzene rings is 3. The van der Waals surface area contributed by atoms with Crippen molar-refractivity contribution in [2.75, 3.05) is 31.1 Å². The number of nitrogens with zero attached hydrogens (tertiary/aromatic N) is 2. The Hall–Kier alpha value is -2.87. The largest absolute Gasteiger partial charge is 0.351 e. The maximum atomic E-state index is 14.7. The topological polar surface area (TPSA) is 52.7 Å². The summed E-state index contributed by atoms with van der Waals surface area (Å²) in [5, 5.41) is 3.20. The van der Waals surface area contributed by atoms with Crippen LogP contribution in [0.1, 0.15) is 40.1 Å². The summed E-state index contributed by atoms with van der Waals surface area (Å²) in [7, 11) is 0. The number of hydrogen-bond donors (Lipinski definition) is 1. The van der Waals surface area contributed by atoms with Gasteiger partial charge in [-0.3, -0.25) is 9.59 Å². The van der Waals surface area contributed by atoms with Crippen LogP contribution >= 0.6 is 23.4 Å². The Morgan fingerprint density at radius 1 is 1.06 bits per heavy atom. The lowest BCUT2D eigenvalue weighted by Gasteiger charge is -2.24. The molecular formula is C27H27ClFN3O2S. The molecule has 1 N–H and O–H groups in total. The Kier molecular flexibility index (Phi) is 8.11. The molecule has 1 aliphatic heterocycles. The Morgan fingerprint density at radius 3 is 2.57 bits per heavy atom. The van der Waals surface area contributed by atoms with E-state index in [1.165, 1.54) is 28.8 Å². The van der Waals surface area contributed by atoms with Gasteiger partial charge in [0.1, 0.15) is 5.82 Å². The lowest BCUT2D eigenvalue weighted by atomic mass is 10.1. The molecule has 182 valence electrons. The number of carbonyl (C=O) groups is 2. The minimum Gasteiger partial charge on any atom is -0.351 e. The summed E-state index contributed by atoms with van der Waals surface area (Å²) in [6.07, 6.45) is 0. The van der Waals surface area contributed by atoms with Crippen molar-refractivity contribution in [3.05, 3.63) is 88.2 Å². The van der Waals surface area contributed by atoms with Crippen LogP contribution in [0.3, 0.4) is 0 Å². The van der Waals surface area contributed by atoms with E-state index >= 15 is 0 Å². The second kappa shape index (κ2) is 11.2. The van der Waals surface area contributed by atoms with Crippen molar-refractivity contribution < 1.29 is 14.0 Å². The Morgan fingerprint density at radius 2 is 1.83 bits per heavy atom. The van der Waals surface area contributed by atoms with Crippen LogP contribution in [-0.4, -0.2) is 42.9 Å². The van der Waals surface area contributed by atoms with E-state index in [2.05, 4.69) is 24.1 Å². The second-order valence-corrected chi connectivity index (χ2v) is 9.65. The van der Waals surface area contributed by atoms with Gasteiger partial charge in [0.25, 0.3) is 11.8 Å². The molecule has 8 heteroatoms. The van der Waals surface area contributed by atoms with E-state index in [9.17, 15) is 14.0 Å². The van der Waals surface area contributed by atoms with Crippen molar-refractivity contribution in [2.45, 2.75) is 30.2 Å². The molecule has 4 rings (SSSR count). The van der Waals surface area contributed by atoms with Gasteiger partial charge >= 0.3 is 0 Å². The SMILES string of the molecule is CCN(CC)CCNC(=O)c1ccc2c(c1)N(Cc1c(F)cccc1Cl)C(=O)c1ccccc1S2. The molecule has 2 amide bonds. The van der Waals surface area contributed by atoms with Crippen molar-refractivity contribution in [1.29, 1.82) is 0 Å². The molecular weight excluding hydrogens is 485 g/mol. The number of halogens is 2. The molecule has 0 bridgehead atoms. The number of likely N-dealkylation sites (N-methyl/N-ethyl adjacent to an activating group) is 1. The van der Waals surface area contributed by atoms with Crippen LogP contribution in [0.5, 0.6) is 0 Å². The average Bonchev–Trinajstić information content (AvgIpc) is 2.98. The van der Waals surface area contributed by atoms with Crippen LogP contribution in [0, 0.1) is 5.82 Å².